The summed E-state index contributed by atoms with van der Waals surface area (Å²) in [6.07, 6.45) is 0. The molecule has 2 amide bonds. The van der Waals surface area contributed by atoms with Crippen LogP contribution in [0, 0.1) is 0 Å². The molecule has 0 atom stereocenters. The number of nitrogens with one attached hydrogen (secondary N) is 2. The Hall–Kier alpha value is -1.58. The molecule has 76 valence electrons. The van der Waals surface area contributed by atoms with E-state index in [9.17, 15) is 9.18 Å². The highest BCUT2D eigenvalue weighted by Gasteiger charge is 1.97. The monoisotopic (exact) mass is 196 g/mol. The Labute approximate surface area is 82.3 Å². The van der Waals surface area contributed by atoms with Crippen LogP contribution >= 0.6 is 0 Å². The maximum absolute atomic E-state index is 11.7. The summed E-state index contributed by atoms with van der Waals surface area (Å²) in [4.78, 5) is 11.0. The molecule has 0 unspecified atom stereocenters. The second-order valence-corrected chi connectivity index (χ2v) is 2.78. The molecule has 3 nitrogen and oxygen atoms in total. The number of hydrogen-bond donors (Lipinski definition) is 2. The van der Waals surface area contributed by atoms with Crippen LogP contribution in [0.4, 0.5) is 9.18 Å². The first-order valence-electron chi connectivity index (χ1n) is 4.44. The van der Waals surface area contributed by atoms with Gasteiger partial charge in [-0.2, -0.15) is 0 Å². The van der Waals surface area contributed by atoms with E-state index in [1.807, 2.05) is 30.3 Å². The van der Waals surface area contributed by atoms with Crippen LogP contribution in [0.25, 0.3) is 0 Å². The van der Waals surface area contributed by atoms with Gasteiger partial charge in [-0.25, -0.2) is 9.18 Å². The third-order valence-corrected chi connectivity index (χ3v) is 1.68. The minimum Gasteiger partial charge on any atom is -0.336 e. The second kappa shape index (κ2) is 5.96. The van der Waals surface area contributed by atoms with Gasteiger partial charge in [0.1, 0.15) is 6.67 Å². The van der Waals surface area contributed by atoms with Gasteiger partial charge in [0.05, 0.1) is 0 Å². The maximum atomic E-state index is 11.7. The summed E-state index contributed by atoms with van der Waals surface area (Å²) in [5.74, 6) is 0. The summed E-state index contributed by atoms with van der Waals surface area (Å²) < 4.78 is 11.7. The van der Waals surface area contributed by atoms with Crippen molar-refractivity contribution < 1.29 is 9.18 Å². The minimum absolute atomic E-state index is 0.0562. The molecule has 0 aliphatic rings. The molecule has 0 aliphatic heterocycles. The molecular weight excluding hydrogens is 183 g/mol. The Balaban J connectivity index is 2.24. The highest BCUT2D eigenvalue weighted by atomic mass is 19.1. The van der Waals surface area contributed by atoms with Gasteiger partial charge in [0.15, 0.2) is 0 Å². The minimum atomic E-state index is -0.543. The quantitative estimate of drug-likeness (QED) is 0.752. The van der Waals surface area contributed by atoms with Crippen molar-refractivity contribution >= 4 is 6.03 Å². The van der Waals surface area contributed by atoms with Crippen molar-refractivity contribution in [3.63, 3.8) is 0 Å². The van der Waals surface area contributed by atoms with E-state index >= 15 is 0 Å². The molecule has 0 aliphatic carbocycles. The fraction of sp³-hybridized carbons (Fsp3) is 0.300. The first-order chi connectivity index (χ1) is 6.83. The molecule has 0 saturated heterocycles. The van der Waals surface area contributed by atoms with Crippen LogP contribution in [0.5, 0.6) is 0 Å². The lowest BCUT2D eigenvalue weighted by Crippen LogP contribution is -2.36. The number of carbonyl (C=O) groups excluding carboxylic acids is 1. The molecule has 0 heterocycles. The van der Waals surface area contributed by atoms with Gasteiger partial charge >= 0.3 is 6.03 Å². The van der Waals surface area contributed by atoms with E-state index < -0.39 is 6.67 Å². The third kappa shape index (κ3) is 3.89. The summed E-state index contributed by atoms with van der Waals surface area (Å²) in [5.41, 5.74) is 1.02. The number of carbonyl (C=O) groups is 1. The Morgan fingerprint density at radius 2 is 1.93 bits per heavy atom. The summed E-state index contributed by atoms with van der Waals surface area (Å²) >= 11 is 0. The Kier molecular flexibility index (Phi) is 4.47. The molecule has 1 rings (SSSR count). The molecular formula is C10H13FN2O. The van der Waals surface area contributed by atoms with Gasteiger partial charge in [-0.1, -0.05) is 30.3 Å². The van der Waals surface area contributed by atoms with Crippen LogP contribution in [-0.4, -0.2) is 19.3 Å². The molecule has 2 N–H and O–H groups in total. The van der Waals surface area contributed by atoms with Crippen LogP contribution in [0.3, 0.4) is 0 Å². The van der Waals surface area contributed by atoms with Crippen LogP contribution in [0.1, 0.15) is 5.56 Å². The van der Waals surface area contributed by atoms with E-state index in [4.69, 9.17) is 0 Å². The summed E-state index contributed by atoms with van der Waals surface area (Å²) in [7, 11) is 0. The molecule has 4 heteroatoms. The van der Waals surface area contributed by atoms with Gasteiger partial charge in [-0.15, -0.1) is 0 Å². The fourth-order valence-corrected chi connectivity index (χ4v) is 1.00. The van der Waals surface area contributed by atoms with Crippen molar-refractivity contribution in [2.75, 3.05) is 13.2 Å². The van der Waals surface area contributed by atoms with Crippen LogP contribution in [-0.2, 0) is 6.54 Å². The molecule has 1 aromatic rings. The lowest BCUT2D eigenvalue weighted by molar-refractivity contribution is 0.239. The van der Waals surface area contributed by atoms with Crippen LogP contribution < -0.4 is 10.6 Å². The zero-order valence-electron chi connectivity index (χ0n) is 7.79. The lowest BCUT2D eigenvalue weighted by atomic mass is 10.2. The number of rotatable bonds is 4. The van der Waals surface area contributed by atoms with Crippen molar-refractivity contribution in [2.45, 2.75) is 6.54 Å². The van der Waals surface area contributed by atoms with Gasteiger partial charge in [-0.05, 0) is 5.56 Å². The largest absolute Gasteiger partial charge is 0.336 e. The number of amides is 2. The predicted octanol–water partition coefficient (Wildman–Crippen LogP) is 1.46. The average molecular weight is 196 g/mol. The molecule has 0 radical (unpaired) electrons. The normalized spacial score (nSPS) is 9.50. The topological polar surface area (TPSA) is 41.1 Å². The Bertz CT molecular complexity index is 277. The highest BCUT2D eigenvalue weighted by Crippen LogP contribution is 1.96. The highest BCUT2D eigenvalue weighted by molar-refractivity contribution is 5.73. The van der Waals surface area contributed by atoms with E-state index in [0.717, 1.165) is 5.56 Å². The number of hydrogen-bond acceptors (Lipinski definition) is 1. The van der Waals surface area contributed by atoms with E-state index in [1.54, 1.807) is 0 Å². The van der Waals surface area contributed by atoms with E-state index in [0.29, 0.717) is 6.54 Å². The molecule has 0 fully saturated rings. The molecule has 0 saturated carbocycles. The van der Waals surface area contributed by atoms with Crippen molar-refractivity contribution in [3.8, 4) is 0 Å². The van der Waals surface area contributed by atoms with Crippen LogP contribution in [0.15, 0.2) is 30.3 Å². The molecule has 0 aromatic heterocycles. The summed E-state index contributed by atoms with van der Waals surface area (Å²) in [5, 5.41) is 4.99. The first kappa shape index (κ1) is 10.5. The molecule has 0 spiro atoms. The fourth-order valence-electron chi connectivity index (χ4n) is 1.00. The first-order valence-corrected chi connectivity index (χ1v) is 4.44. The van der Waals surface area contributed by atoms with Gasteiger partial charge in [0.25, 0.3) is 0 Å². The average Bonchev–Trinajstić information content (AvgIpc) is 2.25. The Morgan fingerprint density at radius 3 is 2.57 bits per heavy atom. The lowest BCUT2D eigenvalue weighted by Gasteiger charge is -2.05. The smallest absolute Gasteiger partial charge is 0.315 e. The number of benzene rings is 1. The van der Waals surface area contributed by atoms with Crippen molar-refractivity contribution in [1.29, 1.82) is 0 Å². The third-order valence-electron chi connectivity index (χ3n) is 1.68. The van der Waals surface area contributed by atoms with Gasteiger partial charge in [0.2, 0.25) is 0 Å². The standard InChI is InChI=1S/C10H13FN2O/c11-6-7-12-10(14)13-8-9-4-2-1-3-5-9/h1-5H,6-8H2,(H2,12,13,14). The molecule has 1 aromatic carbocycles. The summed E-state index contributed by atoms with van der Waals surface area (Å²) in [6.45, 7) is -0.0294. The van der Waals surface area contributed by atoms with Crippen molar-refractivity contribution in [2.24, 2.45) is 0 Å². The SMILES string of the molecule is O=C(NCCF)NCc1ccccc1. The number of urea groups is 1. The zero-order chi connectivity index (χ0) is 10.2. The molecule has 0 bridgehead atoms. The second-order valence-electron chi connectivity index (χ2n) is 2.78. The number of alkyl halides is 1. The van der Waals surface area contributed by atoms with Gasteiger partial charge < -0.3 is 10.6 Å². The summed E-state index contributed by atoms with van der Waals surface area (Å²) in [6, 6.07) is 9.19. The van der Waals surface area contributed by atoms with Crippen LogP contribution in [0.2, 0.25) is 0 Å². The van der Waals surface area contributed by atoms with Crippen molar-refractivity contribution in [1.82, 2.24) is 10.6 Å². The molecule has 14 heavy (non-hydrogen) atoms. The van der Waals surface area contributed by atoms with Gasteiger partial charge in [-0.3, -0.25) is 0 Å². The Morgan fingerprint density at radius 1 is 1.21 bits per heavy atom. The number of halogens is 1. The van der Waals surface area contributed by atoms with Crippen molar-refractivity contribution in [3.05, 3.63) is 35.9 Å². The van der Waals surface area contributed by atoms with E-state index in [2.05, 4.69) is 10.6 Å². The zero-order valence-corrected chi connectivity index (χ0v) is 7.79. The van der Waals surface area contributed by atoms with E-state index in [-0.39, 0.29) is 12.6 Å². The van der Waals surface area contributed by atoms with Gasteiger partial charge in [0, 0.05) is 13.1 Å². The van der Waals surface area contributed by atoms with E-state index in [1.165, 1.54) is 0 Å². The maximum Gasteiger partial charge on any atom is 0.315 e. The predicted molar refractivity (Wildman–Crippen MR) is 52.7 cm³/mol.